The zero-order valence-electron chi connectivity index (χ0n) is 12.4. The van der Waals surface area contributed by atoms with Crippen molar-refractivity contribution in [3.63, 3.8) is 0 Å². The molecular formula is C19H17NO2. The summed E-state index contributed by atoms with van der Waals surface area (Å²) >= 11 is 0. The molecule has 1 unspecified atom stereocenters. The topological polar surface area (TPSA) is 30.5 Å². The van der Waals surface area contributed by atoms with Gasteiger partial charge in [0.1, 0.15) is 18.1 Å². The van der Waals surface area contributed by atoms with E-state index in [2.05, 4.69) is 41.7 Å². The summed E-state index contributed by atoms with van der Waals surface area (Å²) in [6, 6.07) is 20.8. The molecule has 0 amide bonds. The molecule has 0 aromatic heterocycles. The number of hydrogen-bond donors (Lipinski definition) is 1. The van der Waals surface area contributed by atoms with E-state index >= 15 is 0 Å². The van der Waals surface area contributed by atoms with E-state index in [1.807, 2.05) is 24.3 Å². The van der Waals surface area contributed by atoms with E-state index in [0.29, 0.717) is 6.61 Å². The van der Waals surface area contributed by atoms with Crippen molar-refractivity contribution in [2.45, 2.75) is 6.04 Å². The summed E-state index contributed by atoms with van der Waals surface area (Å²) < 4.78 is 11.0. The van der Waals surface area contributed by atoms with Gasteiger partial charge < -0.3 is 14.8 Å². The molecule has 1 aliphatic rings. The Hall–Kier alpha value is -2.68. The summed E-state index contributed by atoms with van der Waals surface area (Å²) in [5.41, 5.74) is 2.31. The van der Waals surface area contributed by atoms with Gasteiger partial charge in [0.05, 0.1) is 13.2 Å². The molecule has 1 aliphatic heterocycles. The molecule has 110 valence electrons. The highest BCUT2D eigenvalue weighted by Crippen LogP contribution is 2.39. The molecule has 0 fully saturated rings. The van der Waals surface area contributed by atoms with Gasteiger partial charge in [-0.3, -0.25) is 0 Å². The third kappa shape index (κ3) is 2.15. The molecule has 0 saturated heterocycles. The number of anilines is 1. The fourth-order valence-electron chi connectivity index (χ4n) is 3.02. The molecule has 3 heteroatoms. The fraction of sp³-hybridized carbons (Fsp3) is 0.158. The minimum Gasteiger partial charge on any atom is -0.497 e. The molecule has 3 nitrogen and oxygen atoms in total. The van der Waals surface area contributed by atoms with Crippen LogP contribution >= 0.6 is 0 Å². The second kappa shape index (κ2) is 5.26. The Balaban J connectivity index is 1.70. The Morgan fingerprint density at radius 3 is 2.64 bits per heavy atom. The number of rotatable bonds is 3. The molecule has 3 aromatic carbocycles. The Morgan fingerprint density at radius 2 is 1.82 bits per heavy atom. The maximum Gasteiger partial charge on any atom is 0.125 e. The minimum atomic E-state index is 0.162. The fourth-order valence-corrected chi connectivity index (χ4v) is 3.02. The molecule has 1 heterocycles. The van der Waals surface area contributed by atoms with Gasteiger partial charge in [-0.15, -0.1) is 0 Å². The van der Waals surface area contributed by atoms with Crippen molar-refractivity contribution in [3.8, 4) is 11.5 Å². The average Bonchev–Trinajstić information content (AvgIpc) is 2.99. The molecule has 0 radical (unpaired) electrons. The minimum absolute atomic E-state index is 0.162. The molecular weight excluding hydrogens is 274 g/mol. The van der Waals surface area contributed by atoms with Gasteiger partial charge in [-0.2, -0.15) is 0 Å². The van der Waals surface area contributed by atoms with Gasteiger partial charge in [-0.1, -0.05) is 30.3 Å². The van der Waals surface area contributed by atoms with Crippen molar-refractivity contribution in [1.29, 1.82) is 0 Å². The number of nitrogens with one attached hydrogen (secondary N) is 1. The predicted molar refractivity (Wildman–Crippen MR) is 88.8 cm³/mol. The number of fused-ring (bicyclic) bond motifs is 3. The van der Waals surface area contributed by atoms with Crippen molar-refractivity contribution in [2.75, 3.05) is 19.0 Å². The molecule has 1 atom stereocenters. The lowest BCUT2D eigenvalue weighted by Crippen LogP contribution is -2.12. The highest BCUT2D eigenvalue weighted by Gasteiger charge is 2.26. The highest BCUT2D eigenvalue weighted by molar-refractivity contribution is 5.89. The molecule has 0 bridgehead atoms. The Morgan fingerprint density at radius 1 is 1.00 bits per heavy atom. The number of ether oxygens (including phenoxy) is 2. The highest BCUT2D eigenvalue weighted by atomic mass is 16.5. The second-order valence-electron chi connectivity index (χ2n) is 5.43. The summed E-state index contributed by atoms with van der Waals surface area (Å²) in [4.78, 5) is 0. The van der Waals surface area contributed by atoms with Crippen molar-refractivity contribution < 1.29 is 9.47 Å². The Kier molecular flexibility index (Phi) is 3.11. The van der Waals surface area contributed by atoms with Crippen molar-refractivity contribution >= 4 is 16.5 Å². The maximum absolute atomic E-state index is 5.85. The molecule has 0 saturated carbocycles. The monoisotopic (exact) mass is 291 g/mol. The summed E-state index contributed by atoms with van der Waals surface area (Å²) in [5.74, 6) is 1.84. The van der Waals surface area contributed by atoms with Gasteiger partial charge in [-0.25, -0.2) is 0 Å². The van der Waals surface area contributed by atoms with Crippen molar-refractivity contribution in [3.05, 3.63) is 66.2 Å². The zero-order valence-corrected chi connectivity index (χ0v) is 12.4. The van der Waals surface area contributed by atoms with Crippen LogP contribution in [0.4, 0.5) is 5.69 Å². The Bertz CT molecular complexity index is 811. The SMILES string of the molecule is COc1ccc(NC2COc3ccc4ccccc4c32)cc1. The summed E-state index contributed by atoms with van der Waals surface area (Å²) in [6.45, 7) is 0.648. The van der Waals surface area contributed by atoms with E-state index in [0.717, 1.165) is 17.2 Å². The van der Waals surface area contributed by atoms with Gasteiger partial charge in [0.2, 0.25) is 0 Å². The summed E-state index contributed by atoms with van der Waals surface area (Å²) in [7, 11) is 1.68. The first-order valence-corrected chi connectivity index (χ1v) is 7.40. The first kappa shape index (κ1) is 13.0. The maximum atomic E-state index is 5.85. The number of hydrogen-bond acceptors (Lipinski definition) is 3. The summed E-state index contributed by atoms with van der Waals surface area (Å²) in [6.07, 6.45) is 0. The lowest BCUT2D eigenvalue weighted by atomic mass is 9.99. The van der Waals surface area contributed by atoms with E-state index in [1.54, 1.807) is 7.11 Å². The van der Waals surface area contributed by atoms with Crippen LogP contribution in [0.2, 0.25) is 0 Å². The van der Waals surface area contributed by atoms with Gasteiger partial charge in [-0.05, 0) is 41.1 Å². The van der Waals surface area contributed by atoms with Gasteiger partial charge in [0, 0.05) is 11.3 Å². The lowest BCUT2D eigenvalue weighted by Gasteiger charge is -2.15. The molecule has 3 aromatic rings. The first-order valence-electron chi connectivity index (χ1n) is 7.40. The van der Waals surface area contributed by atoms with Crippen LogP contribution in [0.5, 0.6) is 11.5 Å². The van der Waals surface area contributed by atoms with Crippen molar-refractivity contribution in [1.82, 2.24) is 0 Å². The van der Waals surface area contributed by atoms with Gasteiger partial charge in [0.15, 0.2) is 0 Å². The van der Waals surface area contributed by atoms with Crippen LogP contribution in [0.15, 0.2) is 60.7 Å². The van der Waals surface area contributed by atoms with Gasteiger partial charge >= 0.3 is 0 Å². The lowest BCUT2D eigenvalue weighted by molar-refractivity contribution is 0.340. The first-order chi connectivity index (χ1) is 10.8. The third-order valence-corrected chi connectivity index (χ3v) is 4.12. The van der Waals surface area contributed by atoms with Crippen LogP contribution in [-0.2, 0) is 0 Å². The second-order valence-corrected chi connectivity index (χ2v) is 5.43. The van der Waals surface area contributed by atoms with E-state index in [1.165, 1.54) is 16.3 Å². The standard InChI is InChI=1S/C19H17NO2/c1-21-15-9-7-14(8-10-15)20-17-12-22-18-11-6-13-4-2-3-5-16(13)19(17)18/h2-11,17,20H,12H2,1H3. The summed E-state index contributed by atoms with van der Waals surface area (Å²) in [5, 5.41) is 6.06. The van der Waals surface area contributed by atoms with Crippen LogP contribution in [0.25, 0.3) is 10.8 Å². The largest absolute Gasteiger partial charge is 0.497 e. The average molecular weight is 291 g/mol. The molecule has 0 aliphatic carbocycles. The third-order valence-electron chi connectivity index (χ3n) is 4.12. The molecule has 0 spiro atoms. The predicted octanol–water partition coefficient (Wildman–Crippen LogP) is 4.39. The van der Waals surface area contributed by atoms with Crippen molar-refractivity contribution in [2.24, 2.45) is 0 Å². The Labute approximate surface area is 129 Å². The van der Waals surface area contributed by atoms with Crippen LogP contribution in [-0.4, -0.2) is 13.7 Å². The molecule has 1 N–H and O–H groups in total. The number of benzene rings is 3. The van der Waals surface area contributed by atoms with Crippen LogP contribution in [0.1, 0.15) is 11.6 Å². The van der Waals surface area contributed by atoms with Crippen LogP contribution < -0.4 is 14.8 Å². The normalized spacial score (nSPS) is 16.1. The van der Waals surface area contributed by atoms with Crippen LogP contribution in [0.3, 0.4) is 0 Å². The molecule has 22 heavy (non-hydrogen) atoms. The quantitative estimate of drug-likeness (QED) is 0.776. The van der Waals surface area contributed by atoms with E-state index < -0.39 is 0 Å². The van der Waals surface area contributed by atoms with E-state index in [-0.39, 0.29) is 6.04 Å². The molecule has 4 rings (SSSR count). The smallest absolute Gasteiger partial charge is 0.125 e. The van der Waals surface area contributed by atoms with Crippen LogP contribution in [0, 0.1) is 0 Å². The van der Waals surface area contributed by atoms with E-state index in [9.17, 15) is 0 Å². The number of methoxy groups -OCH3 is 1. The zero-order chi connectivity index (χ0) is 14.9. The van der Waals surface area contributed by atoms with E-state index in [4.69, 9.17) is 9.47 Å². The van der Waals surface area contributed by atoms with Gasteiger partial charge in [0.25, 0.3) is 0 Å².